The van der Waals surface area contributed by atoms with Gasteiger partial charge in [-0.05, 0) is 60.9 Å². The summed E-state index contributed by atoms with van der Waals surface area (Å²) in [4.78, 5) is 27.8. The first kappa shape index (κ1) is 20.8. The number of rotatable bonds is 6. The number of halogens is 1. The summed E-state index contributed by atoms with van der Waals surface area (Å²) < 4.78 is 10.5. The van der Waals surface area contributed by atoms with Crippen LogP contribution in [-0.4, -0.2) is 23.8 Å². The van der Waals surface area contributed by atoms with Crippen molar-refractivity contribution in [2.45, 2.75) is 20.4 Å². The first-order valence-corrected chi connectivity index (χ1v) is 10.1. The number of amides is 2. The first-order chi connectivity index (χ1) is 14.9. The van der Waals surface area contributed by atoms with Gasteiger partial charge in [0.1, 0.15) is 17.2 Å². The lowest BCUT2D eigenvalue weighted by molar-refractivity contribution is -0.137. The van der Waals surface area contributed by atoms with E-state index < -0.39 is 5.91 Å². The summed E-state index contributed by atoms with van der Waals surface area (Å²) in [5, 5.41) is 3.50. The van der Waals surface area contributed by atoms with Crippen LogP contribution < -0.4 is 10.1 Å². The van der Waals surface area contributed by atoms with E-state index >= 15 is 0 Å². The van der Waals surface area contributed by atoms with Crippen molar-refractivity contribution < 1.29 is 18.7 Å². The van der Waals surface area contributed by atoms with Gasteiger partial charge < -0.3 is 14.5 Å². The number of carbonyl (C=O) groups excluding carboxylic acids is 2. The summed E-state index contributed by atoms with van der Waals surface area (Å²) in [6.45, 7) is 4.02. The number of nitrogens with zero attached hydrogens (tertiary/aromatic N) is 1. The standard InChI is InChI=1S/C24H21ClN2O4/c1-14-6-7-16(11-15(14)2)21-22(26-17-8-9-20(30-3)19(25)12-17)24(29)27(23(21)28)13-18-5-4-10-31-18/h4-12,26H,13H2,1-3H3. The molecule has 1 aromatic heterocycles. The number of anilines is 1. The molecule has 6 nitrogen and oxygen atoms in total. The average molecular weight is 437 g/mol. The van der Waals surface area contributed by atoms with E-state index in [-0.39, 0.29) is 18.1 Å². The molecule has 2 amide bonds. The third kappa shape index (κ3) is 3.94. The van der Waals surface area contributed by atoms with Crippen LogP contribution in [0.5, 0.6) is 5.75 Å². The summed E-state index contributed by atoms with van der Waals surface area (Å²) in [5.74, 6) is 0.229. The van der Waals surface area contributed by atoms with Gasteiger partial charge >= 0.3 is 0 Å². The predicted molar refractivity (Wildman–Crippen MR) is 119 cm³/mol. The summed E-state index contributed by atoms with van der Waals surface area (Å²) in [6.07, 6.45) is 1.51. The van der Waals surface area contributed by atoms with Crippen LogP contribution in [0, 0.1) is 13.8 Å². The Morgan fingerprint density at radius 1 is 1.03 bits per heavy atom. The van der Waals surface area contributed by atoms with E-state index in [1.54, 1.807) is 30.3 Å². The minimum absolute atomic E-state index is 0.0492. The Morgan fingerprint density at radius 2 is 1.84 bits per heavy atom. The van der Waals surface area contributed by atoms with Crippen LogP contribution in [0.15, 0.2) is 64.9 Å². The lowest BCUT2D eigenvalue weighted by Gasteiger charge is -2.14. The van der Waals surface area contributed by atoms with Crippen LogP contribution in [0.4, 0.5) is 5.69 Å². The van der Waals surface area contributed by atoms with E-state index in [0.717, 1.165) is 11.1 Å². The van der Waals surface area contributed by atoms with E-state index in [2.05, 4.69) is 5.32 Å². The lowest BCUT2D eigenvalue weighted by atomic mass is 9.99. The molecule has 1 aliphatic rings. The van der Waals surface area contributed by atoms with Crippen LogP contribution >= 0.6 is 11.6 Å². The molecule has 4 rings (SSSR count). The van der Waals surface area contributed by atoms with Crippen molar-refractivity contribution in [1.29, 1.82) is 0 Å². The van der Waals surface area contributed by atoms with Gasteiger partial charge in [-0.2, -0.15) is 0 Å². The number of hydrogen-bond acceptors (Lipinski definition) is 5. The molecule has 7 heteroatoms. The molecule has 0 radical (unpaired) electrons. The monoisotopic (exact) mass is 436 g/mol. The Balaban J connectivity index is 1.77. The second-order valence-electron chi connectivity index (χ2n) is 7.30. The number of ether oxygens (including phenoxy) is 1. The highest BCUT2D eigenvalue weighted by Gasteiger charge is 2.39. The summed E-state index contributed by atoms with van der Waals surface area (Å²) >= 11 is 6.24. The SMILES string of the molecule is COc1ccc(NC2=C(c3ccc(C)c(C)c3)C(=O)N(Cc3ccco3)C2=O)cc1Cl. The number of carbonyl (C=O) groups is 2. The van der Waals surface area contributed by atoms with Crippen LogP contribution in [0.25, 0.3) is 5.57 Å². The molecule has 0 saturated heterocycles. The number of furan rings is 1. The van der Waals surface area contributed by atoms with Gasteiger partial charge in [-0.3, -0.25) is 14.5 Å². The molecular weight excluding hydrogens is 416 g/mol. The molecular formula is C24H21ClN2O4. The maximum Gasteiger partial charge on any atom is 0.278 e. The van der Waals surface area contributed by atoms with E-state index in [4.69, 9.17) is 20.8 Å². The van der Waals surface area contributed by atoms with Crippen LogP contribution in [0.2, 0.25) is 5.02 Å². The maximum absolute atomic E-state index is 13.3. The Bertz CT molecular complexity index is 1200. The van der Waals surface area contributed by atoms with Crippen LogP contribution in [0.1, 0.15) is 22.5 Å². The number of methoxy groups -OCH3 is 1. The van der Waals surface area contributed by atoms with Crippen molar-refractivity contribution in [3.63, 3.8) is 0 Å². The van der Waals surface area contributed by atoms with Gasteiger partial charge in [0.2, 0.25) is 0 Å². The number of imide groups is 1. The quantitative estimate of drug-likeness (QED) is 0.553. The fourth-order valence-corrected chi connectivity index (χ4v) is 3.70. The predicted octanol–water partition coefficient (Wildman–Crippen LogP) is 4.95. The lowest BCUT2D eigenvalue weighted by Crippen LogP contribution is -2.31. The molecule has 2 aromatic carbocycles. The molecule has 1 N–H and O–H groups in total. The normalized spacial score (nSPS) is 13.9. The number of nitrogens with one attached hydrogen (secondary N) is 1. The van der Waals surface area contributed by atoms with Crippen molar-refractivity contribution in [2.24, 2.45) is 0 Å². The molecule has 1 aliphatic heterocycles. The first-order valence-electron chi connectivity index (χ1n) is 9.70. The molecule has 0 spiro atoms. The van der Waals surface area contributed by atoms with Gasteiger partial charge in [-0.1, -0.05) is 29.8 Å². The second-order valence-corrected chi connectivity index (χ2v) is 7.71. The van der Waals surface area contributed by atoms with Crippen molar-refractivity contribution in [2.75, 3.05) is 12.4 Å². The van der Waals surface area contributed by atoms with E-state index in [1.165, 1.54) is 18.3 Å². The van der Waals surface area contributed by atoms with Crippen molar-refractivity contribution in [1.82, 2.24) is 4.90 Å². The fraction of sp³-hybridized carbons (Fsp3) is 0.167. The number of benzene rings is 2. The van der Waals surface area contributed by atoms with Gasteiger partial charge in [-0.25, -0.2) is 0 Å². The van der Waals surface area contributed by atoms with Crippen LogP contribution in [-0.2, 0) is 16.1 Å². The fourth-order valence-electron chi connectivity index (χ4n) is 3.45. The topological polar surface area (TPSA) is 71.8 Å². The smallest absolute Gasteiger partial charge is 0.278 e. The maximum atomic E-state index is 13.3. The van der Waals surface area contributed by atoms with Gasteiger partial charge in [-0.15, -0.1) is 0 Å². The number of hydrogen-bond donors (Lipinski definition) is 1. The third-order valence-corrected chi connectivity index (χ3v) is 5.57. The Hall–Kier alpha value is -3.51. The highest BCUT2D eigenvalue weighted by atomic mass is 35.5. The van der Waals surface area contributed by atoms with Gasteiger partial charge in [0.25, 0.3) is 11.8 Å². The second kappa shape index (κ2) is 8.32. The van der Waals surface area contributed by atoms with Crippen molar-refractivity contribution in [3.05, 3.63) is 88.0 Å². The Morgan fingerprint density at radius 3 is 2.48 bits per heavy atom. The average Bonchev–Trinajstić information content (AvgIpc) is 3.33. The van der Waals surface area contributed by atoms with Gasteiger partial charge in [0, 0.05) is 5.69 Å². The van der Waals surface area contributed by atoms with E-state index in [9.17, 15) is 9.59 Å². The van der Waals surface area contributed by atoms with Crippen LogP contribution in [0.3, 0.4) is 0 Å². The minimum atomic E-state index is -0.429. The molecule has 0 fully saturated rings. The summed E-state index contributed by atoms with van der Waals surface area (Å²) in [7, 11) is 1.53. The highest BCUT2D eigenvalue weighted by Crippen LogP contribution is 2.34. The van der Waals surface area contributed by atoms with E-state index in [0.29, 0.717) is 33.4 Å². The zero-order valence-corrected chi connectivity index (χ0v) is 18.1. The number of aryl methyl sites for hydroxylation is 2. The molecule has 3 aromatic rings. The molecule has 0 atom stereocenters. The van der Waals surface area contributed by atoms with E-state index in [1.807, 2.05) is 32.0 Å². The minimum Gasteiger partial charge on any atom is -0.495 e. The largest absolute Gasteiger partial charge is 0.495 e. The third-order valence-electron chi connectivity index (χ3n) is 5.28. The van der Waals surface area contributed by atoms with Gasteiger partial charge in [0.05, 0.1) is 30.5 Å². The summed E-state index contributed by atoms with van der Waals surface area (Å²) in [6, 6.07) is 14.2. The molecule has 0 saturated carbocycles. The highest BCUT2D eigenvalue weighted by molar-refractivity contribution is 6.36. The zero-order valence-electron chi connectivity index (χ0n) is 17.4. The zero-order chi connectivity index (χ0) is 22.1. The Kier molecular flexibility index (Phi) is 5.57. The Labute approximate surface area is 185 Å². The van der Waals surface area contributed by atoms with Crippen molar-refractivity contribution in [3.8, 4) is 5.75 Å². The van der Waals surface area contributed by atoms with Gasteiger partial charge in [0.15, 0.2) is 0 Å². The molecule has 158 valence electrons. The van der Waals surface area contributed by atoms with Crippen molar-refractivity contribution >= 4 is 34.7 Å². The molecule has 2 heterocycles. The molecule has 0 bridgehead atoms. The molecule has 0 aliphatic carbocycles. The summed E-state index contributed by atoms with van der Waals surface area (Å²) in [5.41, 5.74) is 3.88. The molecule has 31 heavy (non-hydrogen) atoms. The molecule has 0 unspecified atom stereocenters.